The first-order chi connectivity index (χ1) is 9.04. The Morgan fingerprint density at radius 1 is 1.00 bits per heavy atom. The van der Waals surface area contributed by atoms with E-state index in [1.807, 2.05) is 0 Å². The number of hydrogen-bond donors (Lipinski definition) is 0. The van der Waals surface area contributed by atoms with E-state index in [0.29, 0.717) is 30.8 Å². The Morgan fingerprint density at radius 2 is 1.79 bits per heavy atom. The molecule has 2 heteroatoms. The second kappa shape index (κ2) is 4.43. The number of ketones is 2. The molecule has 0 saturated heterocycles. The Kier molecular flexibility index (Phi) is 2.99. The second-order valence-corrected chi connectivity index (χ2v) is 6.52. The highest BCUT2D eigenvalue weighted by atomic mass is 16.1. The third kappa shape index (κ3) is 1.84. The van der Waals surface area contributed by atoms with Crippen LogP contribution in [0, 0.1) is 5.41 Å². The fourth-order valence-corrected chi connectivity index (χ4v) is 4.19. The first-order valence-electron chi connectivity index (χ1n) is 7.49. The van der Waals surface area contributed by atoms with Gasteiger partial charge < -0.3 is 0 Å². The van der Waals surface area contributed by atoms with Crippen LogP contribution >= 0.6 is 0 Å². The molecule has 102 valence electrons. The van der Waals surface area contributed by atoms with E-state index >= 15 is 0 Å². The van der Waals surface area contributed by atoms with Crippen molar-refractivity contribution in [3.8, 4) is 0 Å². The number of allylic oxidation sites excluding steroid dienone is 4. The standard InChI is InChI=1S/C17H22O2/c1-11(2)12-8-9-17(10-12)14-4-3-5-15(18)13(14)6-7-16(17)19/h3-10H2,1-2H3. The molecule has 1 atom stereocenters. The Labute approximate surface area is 115 Å². The highest BCUT2D eigenvalue weighted by Crippen LogP contribution is 2.55. The van der Waals surface area contributed by atoms with Gasteiger partial charge in [0.25, 0.3) is 0 Å². The Hall–Kier alpha value is -1.18. The van der Waals surface area contributed by atoms with E-state index in [-0.39, 0.29) is 5.41 Å². The minimum absolute atomic E-state index is 0.281. The van der Waals surface area contributed by atoms with E-state index in [1.54, 1.807) is 0 Å². The van der Waals surface area contributed by atoms with Gasteiger partial charge in [0.15, 0.2) is 5.78 Å². The molecular formula is C17H22O2. The Balaban J connectivity index is 2.08. The van der Waals surface area contributed by atoms with Gasteiger partial charge >= 0.3 is 0 Å². The van der Waals surface area contributed by atoms with E-state index in [0.717, 1.165) is 37.7 Å². The summed E-state index contributed by atoms with van der Waals surface area (Å²) < 4.78 is 0. The molecule has 1 spiro atoms. The molecule has 3 aliphatic rings. The lowest BCUT2D eigenvalue weighted by molar-refractivity contribution is -0.127. The maximum absolute atomic E-state index is 12.6. The van der Waals surface area contributed by atoms with Gasteiger partial charge in [-0.15, -0.1) is 0 Å². The van der Waals surface area contributed by atoms with Crippen molar-refractivity contribution in [2.24, 2.45) is 5.41 Å². The van der Waals surface area contributed by atoms with E-state index in [4.69, 9.17) is 0 Å². The van der Waals surface area contributed by atoms with Crippen LogP contribution in [0.15, 0.2) is 22.3 Å². The molecule has 3 aliphatic carbocycles. The molecule has 1 fully saturated rings. The molecule has 0 N–H and O–H groups in total. The maximum atomic E-state index is 12.6. The molecule has 0 heterocycles. The number of Topliss-reactive ketones (excluding diaryl/α,β-unsaturated/α-hetero) is 2. The lowest BCUT2D eigenvalue weighted by atomic mass is 9.63. The molecular weight excluding hydrogens is 236 g/mol. The molecule has 0 aromatic rings. The zero-order chi connectivity index (χ0) is 13.6. The van der Waals surface area contributed by atoms with Crippen LogP contribution in [0.25, 0.3) is 0 Å². The van der Waals surface area contributed by atoms with Gasteiger partial charge in [-0.25, -0.2) is 0 Å². The first kappa shape index (κ1) is 12.8. The van der Waals surface area contributed by atoms with Crippen molar-refractivity contribution in [1.29, 1.82) is 0 Å². The number of carbonyl (C=O) groups is 2. The minimum Gasteiger partial charge on any atom is -0.299 e. The van der Waals surface area contributed by atoms with Crippen LogP contribution < -0.4 is 0 Å². The SMILES string of the molecule is CC(C)=C1CCC2(C1)C(=O)CCC1=C2CCCC1=O. The van der Waals surface area contributed by atoms with Gasteiger partial charge in [-0.05, 0) is 63.5 Å². The van der Waals surface area contributed by atoms with Crippen molar-refractivity contribution in [1.82, 2.24) is 0 Å². The number of fused-ring (bicyclic) bond motifs is 1. The Morgan fingerprint density at radius 3 is 2.47 bits per heavy atom. The lowest BCUT2D eigenvalue weighted by Crippen LogP contribution is -2.37. The summed E-state index contributed by atoms with van der Waals surface area (Å²) in [6.45, 7) is 4.28. The molecule has 1 saturated carbocycles. The van der Waals surface area contributed by atoms with Crippen molar-refractivity contribution in [3.05, 3.63) is 22.3 Å². The van der Waals surface area contributed by atoms with Gasteiger partial charge in [0.1, 0.15) is 5.78 Å². The van der Waals surface area contributed by atoms with Crippen molar-refractivity contribution >= 4 is 11.6 Å². The molecule has 2 nitrogen and oxygen atoms in total. The summed E-state index contributed by atoms with van der Waals surface area (Å²) in [4.78, 5) is 24.7. The topological polar surface area (TPSA) is 34.1 Å². The summed E-state index contributed by atoms with van der Waals surface area (Å²) in [5.41, 5.74) is 4.78. The molecule has 0 bridgehead atoms. The highest BCUT2D eigenvalue weighted by Gasteiger charge is 2.49. The Bertz CT molecular complexity index is 517. The molecule has 0 amide bonds. The summed E-state index contributed by atoms with van der Waals surface area (Å²) in [5.74, 6) is 0.718. The van der Waals surface area contributed by atoms with Crippen molar-refractivity contribution in [2.45, 2.75) is 65.2 Å². The normalized spacial score (nSPS) is 31.2. The van der Waals surface area contributed by atoms with Gasteiger partial charge in [-0.2, -0.15) is 0 Å². The lowest BCUT2D eigenvalue weighted by Gasteiger charge is -2.38. The first-order valence-corrected chi connectivity index (χ1v) is 7.49. The summed E-state index contributed by atoms with van der Waals surface area (Å²) in [7, 11) is 0. The van der Waals surface area contributed by atoms with E-state index in [2.05, 4.69) is 13.8 Å². The molecule has 0 radical (unpaired) electrons. The molecule has 1 unspecified atom stereocenters. The highest BCUT2D eigenvalue weighted by molar-refractivity contribution is 6.02. The molecule has 3 rings (SSSR count). The predicted octanol–water partition coefficient (Wildman–Crippen LogP) is 3.91. The van der Waals surface area contributed by atoms with Gasteiger partial charge in [0.2, 0.25) is 0 Å². The zero-order valence-corrected chi connectivity index (χ0v) is 12.0. The fourth-order valence-electron chi connectivity index (χ4n) is 4.19. The van der Waals surface area contributed by atoms with Gasteiger partial charge in [-0.3, -0.25) is 9.59 Å². The zero-order valence-electron chi connectivity index (χ0n) is 12.0. The monoisotopic (exact) mass is 258 g/mol. The van der Waals surface area contributed by atoms with Gasteiger partial charge in [0, 0.05) is 12.8 Å². The summed E-state index contributed by atoms with van der Waals surface area (Å²) in [6, 6.07) is 0. The molecule has 19 heavy (non-hydrogen) atoms. The predicted molar refractivity (Wildman–Crippen MR) is 74.8 cm³/mol. The van der Waals surface area contributed by atoms with Crippen LogP contribution in [0.5, 0.6) is 0 Å². The maximum Gasteiger partial charge on any atom is 0.158 e. The van der Waals surface area contributed by atoms with Crippen LogP contribution in [-0.2, 0) is 9.59 Å². The van der Waals surface area contributed by atoms with Crippen molar-refractivity contribution in [2.75, 3.05) is 0 Å². The summed E-state index contributed by atoms with van der Waals surface area (Å²) in [5, 5.41) is 0. The number of hydrogen-bond acceptors (Lipinski definition) is 2. The van der Waals surface area contributed by atoms with Crippen LogP contribution in [0.3, 0.4) is 0 Å². The van der Waals surface area contributed by atoms with Crippen LogP contribution in [0.2, 0.25) is 0 Å². The molecule has 0 aliphatic heterocycles. The summed E-state index contributed by atoms with van der Waals surface area (Å²) in [6.07, 6.45) is 6.77. The fraction of sp³-hybridized carbons (Fsp3) is 0.647. The largest absolute Gasteiger partial charge is 0.299 e. The minimum atomic E-state index is -0.281. The third-order valence-electron chi connectivity index (χ3n) is 5.32. The summed E-state index contributed by atoms with van der Waals surface area (Å²) >= 11 is 0. The smallest absolute Gasteiger partial charge is 0.158 e. The van der Waals surface area contributed by atoms with Gasteiger partial charge in [0.05, 0.1) is 5.41 Å². The third-order valence-corrected chi connectivity index (χ3v) is 5.32. The van der Waals surface area contributed by atoms with Crippen LogP contribution in [-0.4, -0.2) is 11.6 Å². The van der Waals surface area contributed by atoms with Crippen LogP contribution in [0.1, 0.15) is 65.2 Å². The quantitative estimate of drug-likeness (QED) is 0.617. The second-order valence-electron chi connectivity index (χ2n) is 6.52. The average Bonchev–Trinajstić information content (AvgIpc) is 2.81. The van der Waals surface area contributed by atoms with Crippen molar-refractivity contribution < 1.29 is 9.59 Å². The van der Waals surface area contributed by atoms with Gasteiger partial charge in [-0.1, -0.05) is 11.1 Å². The average molecular weight is 258 g/mol. The van der Waals surface area contributed by atoms with E-state index in [1.165, 1.54) is 16.7 Å². The van der Waals surface area contributed by atoms with E-state index < -0.39 is 0 Å². The molecule has 0 aromatic heterocycles. The van der Waals surface area contributed by atoms with Crippen LogP contribution in [0.4, 0.5) is 0 Å². The van der Waals surface area contributed by atoms with Crippen molar-refractivity contribution in [3.63, 3.8) is 0 Å². The molecule has 0 aromatic carbocycles. The number of carbonyl (C=O) groups excluding carboxylic acids is 2. The number of rotatable bonds is 0. The van der Waals surface area contributed by atoms with E-state index in [9.17, 15) is 9.59 Å².